The average Bonchev–Trinajstić information content (AvgIpc) is 3.19. The predicted octanol–water partition coefficient (Wildman–Crippen LogP) is 2.21. The summed E-state index contributed by atoms with van der Waals surface area (Å²) in [5.41, 5.74) is 0. The van der Waals surface area contributed by atoms with E-state index in [1.807, 2.05) is 0 Å². The minimum absolute atomic E-state index is 0.117. The Labute approximate surface area is 157 Å². The highest BCUT2D eigenvalue weighted by molar-refractivity contribution is 7.89. The average molecular weight is 407 g/mol. The number of amides is 1. The summed E-state index contributed by atoms with van der Waals surface area (Å²) in [6, 6.07) is 1.57. The lowest BCUT2D eigenvalue weighted by Gasteiger charge is -2.37. The fraction of sp³-hybridized carbons (Fsp3) is 0.688. The Bertz CT molecular complexity index is 736. The molecule has 0 unspecified atom stereocenters. The third-order valence-corrected chi connectivity index (χ3v) is 8.44. The van der Waals surface area contributed by atoms with Crippen molar-refractivity contribution in [1.82, 2.24) is 9.62 Å². The zero-order valence-corrected chi connectivity index (χ0v) is 16.7. The molecule has 0 radical (unpaired) electrons. The van der Waals surface area contributed by atoms with E-state index in [0.717, 1.165) is 6.42 Å². The van der Waals surface area contributed by atoms with Crippen LogP contribution < -0.4 is 5.32 Å². The summed E-state index contributed by atoms with van der Waals surface area (Å²) in [4.78, 5) is 13.0. The fourth-order valence-corrected chi connectivity index (χ4v) is 6.13. The fourth-order valence-electron chi connectivity index (χ4n) is 3.88. The first-order valence-electron chi connectivity index (χ1n) is 8.40. The first-order valence-corrected chi connectivity index (χ1v) is 11.3. The van der Waals surface area contributed by atoms with E-state index >= 15 is 0 Å². The van der Waals surface area contributed by atoms with Crippen LogP contribution in [0.1, 0.15) is 29.4 Å². The number of fused-ring (bicyclic) bond motifs is 1. The van der Waals surface area contributed by atoms with Gasteiger partial charge in [-0.15, -0.1) is 11.3 Å². The first-order chi connectivity index (χ1) is 11.9. The number of halogens is 1. The van der Waals surface area contributed by atoms with Crippen LogP contribution in [0.25, 0.3) is 0 Å². The molecule has 2 heterocycles. The predicted molar refractivity (Wildman–Crippen MR) is 98.6 cm³/mol. The SMILES string of the molecule is CCS(=O)(=O)N1C[C@H]2C[C@H](OC)[C@@H](NC(=O)c3sccc3Cl)C[C@H]2C1. The van der Waals surface area contributed by atoms with E-state index in [0.29, 0.717) is 29.4 Å². The minimum Gasteiger partial charge on any atom is -0.379 e. The van der Waals surface area contributed by atoms with Gasteiger partial charge < -0.3 is 10.1 Å². The lowest BCUT2D eigenvalue weighted by atomic mass is 9.77. The van der Waals surface area contributed by atoms with E-state index in [1.54, 1.807) is 29.8 Å². The molecule has 1 saturated heterocycles. The van der Waals surface area contributed by atoms with Crippen molar-refractivity contribution < 1.29 is 17.9 Å². The molecule has 6 nitrogen and oxygen atoms in total. The number of methoxy groups -OCH3 is 1. The summed E-state index contributed by atoms with van der Waals surface area (Å²) in [7, 11) is -1.54. The molecule has 3 rings (SSSR count). The molecule has 1 aromatic rings. The molecule has 2 aliphatic rings. The Balaban J connectivity index is 1.70. The van der Waals surface area contributed by atoms with Crippen LogP contribution in [0.2, 0.25) is 5.02 Å². The van der Waals surface area contributed by atoms with E-state index in [9.17, 15) is 13.2 Å². The number of hydrogen-bond acceptors (Lipinski definition) is 5. The highest BCUT2D eigenvalue weighted by atomic mass is 35.5. The maximum absolute atomic E-state index is 12.5. The molecule has 1 saturated carbocycles. The first kappa shape index (κ1) is 19.1. The van der Waals surface area contributed by atoms with Crippen LogP contribution in [0.5, 0.6) is 0 Å². The number of nitrogens with zero attached hydrogens (tertiary/aromatic N) is 1. The van der Waals surface area contributed by atoms with Gasteiger partial charge in [0.1, 0.15) is 4.88 Å². The van der Waals surface area contributed by atoms with E-state index < -0.39 is 10.0 Å². The number of carbonyl (C=O) groups excluding carboxylic acids is 1. The molecule has 140 valence electrons. The Hall–Kier alpha value is -0.670. The summed E-state index contributed by atoms with van der Waals surface area (Å²) in [6.07, 6.45) is 1.35. The van der Waals surface area contributed by atoms with Gasteiger partial charge in [-0.3, -0.25) is 4.79 Å². The van der Waals surface area contributed by atoms with E-state index in [2.05, 4.69) is 5.32 Å². The Morgan fingerprint density at radius 2 is 2.08 bits per heavy atom. The van der Waals surface area contributed by atoms with E-state index in [4.69, 9.17) is 16.3 Å². The van der Waals surface area contributed by atoms with Gasteiger partial charge in [0.2, 0.25) is 10.0 Å². The lowest BCUT2D eigenvalue weighted by molar-refractivity contribution is 0.0126. The molecule has 9 heteroatoms. The van der Waals surface area contributed by atoms with Gasteiger partial charge >= 0.3 is 0 Å². The second-order valence-corrected chi connectivity index (χ2v) is 10.2. The van der Waals surface area contributed by atoms with Crippen LogP contribution in [-0.4, -0.2) is 56.7 Å². The van der Waals surface area contributed by atoms with Gasteiger partial charge in [-0.2, -0.15) is 0 Å². The number of carbonyl (C=O) groups is 1. The number of sulfonamides is 1. The highest BCUT2D eigenvalue weighted by Crippen LogP contribution is 2.38. The second kappa shape index (κ2) is 7.52. The van der Waals surface area contributed by atoms with Crippen LogP contribution in [0, 0.1) is 11.8 Å². The van der Waals surface area contributed by atoms with Crippen LogP contribution in [0.4, 0.5) is 0 Å². The standard InChI is InChI=1S/C16H23ClN2O4S2/c1-3-25(21,22)19-8-10-6-13(14(23-2)7-11(10)9-19)18-16(20)15-12(17)4-5-24-15/h4-5,10-11,13-14H,3,6-9H2,1-2H3,(H,18,20)/t10-,11+,13-,14-/m0/s1. The van der Waals surface area contributed by atoms with Crippen LogP contribution in [0.3, 0.4) is 0 Å². The van der Waals surface area contributed by atoms with Crippen molar-refractivity contribution in [3.05, 3.63) is 21.3 Å². The topological polar surface area (TPSA) is 75.7 Å². The third kappa shape index (κ3) is 3.88. The van der Waals surface area contributed by atoms with Crippen molar-refractivity contribution in [1.29, 1.82) is 0 Å². The summed E-state index contributed by atoms with van der Waals surface area (Å²) in [5.74, 6) is 0.458. The maximum Gasteiger partial charge on any atom is 0.263 e. The van der Waals surface area contributed by atoms with E-state index in [1.165, 1.54) is 11.3 Å². The van der Waals surface area contributed by atoms with Gasteiger partial charge in [-0.05, 0) is 43.0 Å². The van der Waals surface area contributed by atoms with Crippen LogP contribution in [0.15, 0.2) is 11.4 Å². The largest absolute Gasteiger partial charge is 0.379 e. The molecule has 2 fully saturated rings. The number of hydrogen-bond donors (Lipinski definition) is 1. The zero-order chi connectivity index (χ0) is 18.2. The van der Waals surface area contributed by atoms with Crippen molar-refractivity contribution in [3.63, 3.8) is 0 Å². The van der Waals surface area contributed by atoms with Crippen molar-refractivity contribution in [3.8, 4) is 0 Å². The van der Waals surface area contributed by atoms with Gasteiger partial charge in [0.15, 0.2) is 0 Å². The summed E-state index contributed by atoms with van der Waals surface area (Å²) >= 11 is 7.35. The van der Waals surface area contributed by atoms with Gasteiger partial charge in [-0.25, -0.2) is 12.7 Å². The molecule has 0 aromatic carbocycles. The monoisotopic (exact) mass is 406 g/mol. The minimum atomic E-state index is -3.17. The smallest absolute Gasteiger partial charge is 0.263 e. The number of rotatable bonds is 5. The summed E-state index contributed by atoms with van der Waals surface area (Å²) < 4.78 is 31.5. The molecule has 1 aliphatic heterocycles. The maximum atomic E-state index is 12.5. The van der Waals surface area contributed by atoms with Crippen LogP contribution >= 0.6 is 22.9 Å². The summed E-state index contributed by atoms with van der Waals surface area (Å²) in [5, 5.41) is 5.27. The normalized spacial score (nSPS) is 30.2. The molecule has 0 bridgehead atoms. The van der Waals surface area contributed by atoms with Gasteiger partial charge in [0, 0.05) is 20.2 Å². The van der Waals surface area contributed by atoms with Gasteiger partial charge in [0.25, 0.3) is 5.91 Å². The Morgan fingerprint density at radius 1 is 1.40 bits per heavy atom. The molecule has 1 N–H and O–H groups in total. The lowest BCUT2D eigenvalue weighted by Crippen LogP contribution is -2.50. The van der Waals surface area contributed by atoms with Gasteiger partial charge in [-0.1, -0.05) is 11.6 Å². The molecule has 1 aromatic heterocycles. The molecule has 4 atom stereocenters. The van der Waals surface area contributed by atoms with Crippen molar-refractivity contribution in [2.24, 2.45) is 11.8 Å². The van der Waals surface area contributed by atoms with Crippen molar-refractivity contribution in [2.45, 2.75) is 31.9 Å². The van der Waals surface area contributed by atoms with Crippen molar-refractivity contribution in [2.75, 3.05) is 26.0 Å². The molecular weight excluding hydrogens is 384 g/mol. The Morgan fingerprint density at radius 3 is 2.64 bits per heavy atom. The third-order valence-electron chi connectivity index (χ3n) is 5.28. The van der Waals surface area contributed by atoms with Crippen LogP contribution in [-0.2, 0) is 14.8 Å². The quantitative estimate of drug-likeness (QED) is 0.813. The molecule has 1 aliphatic carbocycles. The van der Waals surface area contributed by atoms with Gasteiger partial charge in [0.05, 0.1) is 22.9 Å². The molecule has 0 spiro atoms. The van der Waals surface area contributed by atoms with E-state index in [-0.39, 0.29) is 35.6 Å². The summed E-state index contributed by atoms with van der Waals surface area (Å²) in [6.45, 7) is 2.75. The molecule has 1 amide bonds. The zero-order valence-electron chi connectivity index (χ0n) is 14.3. The Kier molecular flexibility index (Phi) is 5.75. The highest BCUT2D eigenvalue weighted by Gasteiger charge is 2.45. The number of thiophene rings is 1. The second-order valence-electron chi connectivity index (χ2n) is 6.66. The molecular formula is C16H23ClN2O4S2. The number of nitrogens with one attached hydrogen (secondary N) is 1. The number of ether oxygens (including phenoxy) is 1. The molecule has 25 heavy (non-hydrogen) atoms. The van der Waals surface area contributed by atoms with Crippen molar-refractivity contribution >= 4 is 38.9 Å².